The van der Waals surface area contributed by atoms with Crippen LogP contribution in [0.3, 0.4) is 0 Å². The fraction of sp³-hybridized carbons (Fsp3) is 0.455. The second-order valence-electron chi connectivity index (χ2n) is 7.62. The van der Waals surface area contributed by atoms with E-state index in [1.54, 1.807) is 17.9 Å². The number of hydrogen-bond acceptors (Lipinski definition) is 6. The summed E-state index contributed by atoms with van der Waals surface area (Å²) in [6.45, 7) is 5.92. The quantitative estimate of drug-likeness (QED) is 0.666. The third kappa shape index (κ3) is 5.25. The van der Waals surface area contributed by atoms with Crippen LogP contribution in [0.4, 0.5) is 11.5 Å². The third-order valence-corrected chi connectivity index (χ3v) is 5.05. The van der Waals surface area contributed by atoms with Crippen molar-refractivity contribution in [2.75, 3.05) is 16.8 Å². The molecule has 1 N–H and O–H groups in total. The number of nitrogens with one attached hydrogen (secondary N) is 1. The predicted molar refractivity (Wildman–Crippen MR) is 111 cm³/mol. The van der Waals surface area contributed by atoms with Crippen LogP contribution >= 0.6 is 0 Å². The molecule has 1 fully saturated rings. The highest BCUT2D eigenvalue weighted by Crippen LogP contribution is 2.27. The van der Waals surface area contributed by atoms with Crippen LogP contribution in [-0.2, 0) is 19.1 Å². The van der Waals surface area contributed by atoms with Crippen LogP contribution in [-0.4, -0.2) is 35.6 Å². The maximum Gasteiger partial charge on any atom is 0.312 e. The zero-order valence-corrected chi connectivity index (χ0v) is 17.5. The summed E-state index contributed by atoms with van der Waals surface area (Å²) >= 11 is 0. The number of nitrogens with zero attached hydrogens (tertiary/aromatic N) is 2. The molecule has 0 saturated carbocycles. The molecule has 2 aromatic rings. The van der Waals surface area contributed by atoms with Gasteiger partial charge in [-0.05, 0) is 38.8 Å². The molecule has 30 heavy (non-hydrogen) atoms. The van der Waals surface area contributed by atoms with Crippen LogP contribution in [0.1, 0.15) is 43.9 Å². The molecule has 2 amide bonds. The minimum Gasteiger partial charge on any atom is -0.452 e. The number of carbonyl (C=O) groups is 3. The van der Waals surface area contributed by atoms with Crippen molar-refractivity contribution >= 4 is 29.3 Å². The number of aromatic nitrogens is 1. The van der Waals surface area contributed by atoms with Gasteiger partial charge in [-0.1, -0.05) is 36.2 Å². The molecular weight excluding hydrogens is 386 g/mol. The number of ether oxygens (including phenoxy) is 1. The Hall–Kier alpha value is -3.16. The van der Waals surface area contributed by atoms with Crippen LogP contribution in [0.5, 0.6) is 0 Å². The first-order chi connectivity index (χ1) is 14.4. The van der Waals surface area contributed by atoms with Crippen molar-refractivity contribution in [3.63, 3.8) is 0 Å². The van der Waals surface area contributed by atoms with Gasteiger partial charge in [0, 0.05) is 24.7 Å². The molecule has 8 nitrogen and oxygen atoms in total. The maximum atomic E-state index is 12.7. The van der Waals surface area contributed by atoms with Crippen LogP contribution in [0.2, 0.25) is 0 Å². The Balaban J connectivity index is 1.64. The Bertz CT molecular complexity index is 906. The molecule has 1 aromatic heterocycles. The number of benzene rings is 1. The fourth-order valence-corrected chi connectivity index (χ4v) is 3.34. The summed E-state index contributed by atoms with van der Waals surface area (Å²) in [4.78, 5) is 39.4. The number of esters is 1. The van der Waals surface area contributed by atoms with Gasteiger partial charge < -0.3 is 19.5 Å². The smallest absolute Gasteiger partial charge is 0.312 e. The Kier molecular flexibility index (Phi) is 6.87. The van der Waals surface area contributed by atoms with E-state index < -0.39 is 23.9 Å². The average Bonchev–Trinajstić information content (AvgIpc) is 3.31. The molecule has 160 valence electrons. The van der Waals surface area contributed by atoms with E-state index in [-0.39, 0.29) is 24.7 Å². The van der Waals surface area contributed by atoms with Gasteiger partial charge in [0.2, 0.25) is 5.91 Å². The van der Waals surface area contributed by atoms with Gasteiger partial charge in [-0.15, -0.1) is 0 Å². The van der Waals surface area contributed by atoms with Crippen molar-refractivity contribution in [2.45, 2.75) is 52.6 Å². The molecule has 3 rings (SSSR count). The highest BCUT2D eigenvalue weighted by molar-refractivity contribution is 6.00. The van der Waals surface area contributed by atoms with Gasteiger partial charge in [0.15, 0.2) is 11.9 Å². The molecule has 1 aliphatic rings. The van der Waals surface area contributed by atoms with Crippen molar-refractivity contribution < 1.29 is 23.6 Å². The van der Waals surface area contributed by atoms with Crippen LogP contribution in [0, 0.1) is 19.8 Å². The van der Waals surface area contributed by atoms with Gasteiger partial charge in [0.25, 0.3) is 5.91 Å². The van der Waals surface area contributed by atoms with Crippen molar-refractivity contribution in [2.24, 2.45) is 5.92 Å². The zero-order chi connectivity index (χ0) is 21.7. The Morgan fingerprint density at radius 1 is 1.30 bits per heavy atom. The number of unbranched alkanes of at least 4 members (excludes halogenated alkanes) is 1. The molecule has 0 radical (unpaired) electrons. The topological polar surface area (TPSA) is 102 Å². The monoisotopic (exact) mass is 413 g/mol. The molecule has 0 aliphatic carbocycles. The van der Waals surface area contributed by atoms with Crippen LogP contribution in [0.25, 0.3) is 0 Å². The number of carbonyl (C=O) groups excluding carboxylic acids is 3. The molecule has 2 atom stereocenters. The zero-order valence-electron chi connectivity index (χ0n) is 17.5. The van der Waals surface area contributed by atoms with E-state index >= 15 is 0 Å². The van der Waals surface area contributed by atoms with E-state index in [0.717, 1.165) is 24.1 Å². The average molecular weight is 413 g/mol. The summed E-state index contributed by atoms with van der Waals surface area (Å²) in [6.07, 6.45) is 1.10. The van der Waals surface area contributed by atoms with Gasteiger partial charge in [-0.2, -0.15) is 0 Å². The first-order valence-electron chi connectivity index (χ1n) is 10.2. The minimum atomic E-state index is -0.946. The fourth-order valence-electron chi connectivity index (χ4n) is 3.34. The van der Waals surface area contributed by atoms with E-state index in [0.29, 0.717) is 12.2 Å². The number of anilines is 2. The molecule has 8 heteroatoms. The highest BCUT2D eigenvalue weighted by atomic mass is 16.5. The first kappa shape index (κ1) is 21.5. The Morgan fingerprint density at radius 3 is 2.67 bits per heavy atom. The van der Waals surface area contributed by atoms with Gasteiger partial charge >= 0.3 is 5.97 Å². The molecule has 0 spiro atoms. The van der Waals surface area contributed by atoms with Crippen LogP contribution in [0.15, 0.2) is 34.9 Å². The van der Waals surface area contributed by atoms with Crippen molar-refractivity contribution in [1.82, 2.24) is 5.16 Å². The molecule has 1 aromatic carbocycles. The van der Waals surface area contributed by atoms with Crippen molar-refractivity contribution in [3.05, 3.63) is 41.7 Å². The van der Waals surface area contributed by atoms with E-state index in [4.69, 9.17) is 9.26 Å². The second-order valence-corrected chi connectivity index (χ2v) is 7.62. The summed E-state index contributed by atoms with van der Waals surface area (Å²) in [6, 6.07) is 9.15. The lowest BCUT2D eigenvalue weighted by Crippen LogP contribution is -2.35. The third-order valence-electron chi connectivity index (χ3n) is 5.05. The largest absolute Gasteiger partial charge is 0.452 e. The summed E-state index contributed by atoms with van der Waals surface area (Å²) in [5.74, 6) is -0.890. The molecular formula is C22H27N3O5. The van der Waals surface area contributed by atoms with E-state index in [1.165, 1.54) is 0 Å². The maximum absolute atomic E-state index is 12.7. The van der Waals surface area contributed by atoms with E-state index in [9.17, 15) is 14.4 Å². The minimum absolute atomic E-state index is 0.0668. The highest BCUT2D eigenvalue weighted by Gasteiger charge is 2.38. The lowest BCUT2D eigenvalue weighted by molar-refractivity contribution is -0.158. The summed E-state index contributed by atoms with van der Waals surface area (Å²) < 4.78 is 10.5. The molecule has 0 bridgehead atoms. The van der Waals surface area contributed by atoms with Crippen molar-refractivity contribution in [3.8, 4) is 0 Å². The SMILES string of the molecule is CCCCC(OC(=O)C1CC(=O)N(c2ccc(C)cc2)C1)C(=O)Nc1cc(C)on1. The summed E-state index contributed by atoms with van der Waals surface area (Å²) in [5, 5.41) is 6.35. The number of amides is 2. The second kappa shape index (κ2) is 9.56. The molecule has 2 heterocycles. The van der Waals surface area contributed by atoms with Gasteiger partial charge in [0.05, 0.1) is 5.92 Å². The first-order valence-corrected chi connectivity index (χ1v) is 10.2. The standard InChI is InChI=1S/C22H27N3O5/c1-4-5-6-18(21(27)23-19-11-15(3)30-24-19)29-22(28)16-12-20(26)25(13-16)17-9-7-14(2)8-10-17/h7-11,16,18H,4-6,12-13H2,1-3H3,(H,23,24,27). The normalized spacial score (nSPS) is 17.1. The molecule has 1 saturated heterocycles. The lowest BCUT2D eigenvalue weighted by atomic mass is 10.1. The number of rotatable bonds is 8. The lowest BCUT2D eigenvalue weighted by Gasteiger charge is -2.19. The van der Waals surface area contributed by atoms with Gasteiger partial charge in [0.1, 0.15) is 5.76 Å². The van der Waals surface area contributed by atoms with E-state index in [1.807, 2.05) is 38.1 Å². The number of hydrogen-bond donors (Lipinski definition) is 1. The summed E-state index contributed by atoms with van der Waals surface area (Å²) in [7, 11) is 0. The van der Waals surface area contributed by atoms with Crippen molar-refractivity contribution in [1.29, 1.82) is 0 Å². The Morgan fingerprint density at radius 2 is 2.03 bits per heavy atom. The van der Waals surface area contributed by atoms with Gasteiger partial charge in [-0.3, -0.25) is 14.4 Å². The summed E-state index contributed by atoms with van der Waals surface area (Å²) in [5.41, 5.74) is 1.84. The van der Waals surface area contributed by atoms with Gasteiger partial charge in [-0.25, -0.2) is 0 Å². The Labute approximate surface area is 175 Å². The molecule has 2 unspecified atom stereocenters. The predicted octanol–water partition coefficient (Wildman–Crippen LogP) is 3.39. The number of aryl methyl sites for hydroxylation is 2. The van der Waals surface area contributed by atoms with E-state index in [2.05, 4.69) is 10.5 Å². The van der Waals surface area contributed by atoms with Crippen LogP contribution < -0.4 is 10.2 Å². The molecule has 1 aliphatic heterocycles.